The summed E-state index contributed by atoms with van der Waals surface area (Å²) in [7, 11) is 1.32. The minimum atomic E-state index is -0.432. The molecule has 0 fully saturated rings. The van der Waals surface area contributed by atoms with Crippen molar-refractivity contribution in [1.29, 1.82) is 0 Å². The van der Waals surface area contributed by atoms with Gasteiger partial charge in [-0.2, -0.15) is 0 Å². The number of nitrogens with zero attached hydrogens (tertiary/aromatic N) is 1. The number of carbonyl (C=O) groups is 1. The number of hydrogen-bond acceptors (Lipinski definition) is 4. The summed E-state index contributed by atoms with van der Waals surface area (Å²) in [5, 5.41) is 0. The maximum Gasteiger partial charge on any atom is 0.337 e. The van der Waals surface area contributed by atoms with E-state index in [0.717, 1.165) is 11.4 Å². The highest BCUT2D eigenvalue weighted by Gasteiger charge is 2.13. The molecule has 0 aliphatic heterocycles. The first kappa shape index (κ1) is 14.8. The van der Waals surface area contributed by atoms with Crippen LogP contribution in [0.5, 0.6) is 0 Å². The lowest BCUT2D eigenvalue weighted by molar-refractivity contribution is 0.0601. The van der Waals surface area contributed by atoms with E-state index in [0.29, 0.717) is 17.8 Å². The third kappa shape index (κ3) is 3.13. The summed E-state index contributed by atoms with van der Waals surface area (Å²) >= 11 is 0. The minimum absolute atomic E-state index is 0.288. The quantitative estimate of drug-likeness (QED) is 0.692. The highest BCUT2D eigenvalue weighted by Crippen LogP contribution is 2.31. The van der Waals surface area contributed by atoms with Gasteiger partial charge in [-0.1, -0.05) is 0 Å². The fourth-order valence-electron chi connectivity index (χ4n) is 2.16. The van der Waals surface area contributed by atoms with Crippen LogP contribution in [0, 0.1) is 5.82 Å². The van der Waals surface area contributed by atoms with Gasteiger partial charge >= 0.3 is 5.97 Å². The van der Waals surface area contributed by atoms with Crippen molar-refractivity contribution in [3.63, 3.8) is 0 Å². The van der Waals surface area contributed by atoms with E-state index in [1.54, 1.807) is 30.3 Å². The molecule has 0 saturated heterocycles. The summed E-state index contributed by atoms with van der Waals surface area (Å²) in [4.78, 5) is 13.4. The van der Waals surface area contributed by atoms with Gasteiger partial charge in [0.1, 0.15) is 5.82 Å². The molecule has 0 saturated carbocycles. The predicted octanol–water partition coefficient (Wildman–Crippen LogP) is 3.35. The molecule has 2 aromatic carbocycles. The lowest BCUT2D eigenvalue weighted by Gasteiger charge is -2.25. The summed E-state index contributed by atoms with van der Waals surface area (Å²) < 4.78 is 17.7. The number of ether oxygens (including phenoxy) is 1. The van der Waals surface area contributed by atoms with Gasteiger partial charge < -0.3 is 15.4 Å². The van der Waals surface area contributed by atoms with E-state index in [2.05, 4.69) is 4.74 Å². The number of methoxy groups -OCH3 is 1. The number of benzene rings is 2. The fourth-order valence-corrected chi connectivity index (χ4v) is 2.16. The number of nitrogen functional groups attached to an aromatic ring is 1. The zero-order valence-corrected chi connectivity index (χ0v) is 12.0. The largest absolute Gasteiger partial charge is 0.465 e. The average molecular weight is 288 g/mol. The predicted molar refractivity (Wildman–Crippen MR) is 81.3 cm³/mol. The van der Waals surface area contributed by atoms with E-state index in [1.165, 1.54) is 19.2 Å². The number of carbonyl (C=O) groups excluding carboxylic acids is 1. The van der Waals surface area contributed by atoms with Gasteiger partial charge in [-0.3, -0.25) is 0 Å². The van der Waals surface area contributed by atoms with Crippen LogP contribution in [-0.4, -0.2) is 19.6 Å². The molecule has 21 heavy (non-hydrogen) atoms. The number of halogens is 1. The summed E-state index contributed by atoms with van der Waals surface area (Å²) in [6.45, 7) is 2.63. The Labute approximate surface area is 122 Å². The van der Waals surface area contributed by atoms with Crippen LogP contribution in [-0.2, 0) is 4.74 Å². The second kappa shape index (κ2) is 6.26. The molecular formula is C16H17FN2O2. The van der Waals surface area contributed by atoms with Gasteiger partial charge in [0.25, 0.3) is 0 Å². The average Bonchev–Trinajstić information content (AvgIpc) is 2.50. The number of anilines is 3. The Hall–Kier alpha value is -2.56. The third-order valence-corrected chi connectivity index (χ3v) is 3.19. The molecule has 0 heterocycles. The smallest absolute Gasteiger partial charge is 0.337 e. The van der Waals surface area contributed by atoms with E-state index in [-0.39, 0.29) is 5.82 Å². The lowest BCUT2D eigenvalue weighted by Crippen LogP contribution is -2.18. The monoisotopic (exact) mass is 288 g/mol. The van der Waals surface area contributed by atoms with Crippen molar-refractivity contribution >= 4 is 23.0 Å². The molecule has 2 rings (SSSR count). The van der Waals surface area contributed by atoms with E-state index >= 15 is 0 Å². The van der Waals surface area contributed by atoms with Crippen LogP contribution in [0.2, 0.25) is 0 Å². The van der Waals surface area contributed by atoms with Crippen molar-refractivity contribution in [3.05, 3.63) is 53.8 Å². The first-order valence-corrected chi connectivity index (χ1v) is 6.57. The van der Waals surface area contributed by atoms with Crippen LogP contribution >= 0.6 is 0 Å². The van der Waals surface area contributed by atoms with Gasteiger partial charge in [-0.05, 0) is 49.4 Å². The minimum Gasteiger partial charge on any atom is -0.465 e. The molecule has 4 nitrogen and oxygen atoms in total. The molecule has 2 aromatic rings. The molecule has 0 spiro atoms. The second-order valence-electron chi connectivity index (χ2n) is 4.49. The number of rotatable bonds is 4. The Balaban J connectivity index is 2.38. The van der Waals surface area contributed by atoms with E-state index < -0.39 is 5.97 Å². The van der Waals surface area contributed by atoms with Crippen molar-refractivity contribution in [3.8, 4) is 0 Å². The van der Waals surface area contributed by atoms with E-state index in [9.17, 15) is 9.18 Å². The summed E-state index contributed by atoms with van der Waals surface area (Å²) in [5.74, 6) is -0.720. The van der Waals surface area contributed by atoms with Gasteiger partial charge in [0.2, 0.25) is 0 Å². The van der Waals surface area contributed by atoms with Gasteiger partial charge in [0.05, 0.1) is 24.0 Å². The Morgan fingerprint density at radius 1 is 1.24 bits per heavy atom. The van der Waals surface area contributed by atoms with Crippen molar-refractivity contribution in [2.75, 3.05) is 24.3 Å². The van der Waals surface area contributed by atoms with Crippen molar-refractivity contribution in [2.24, 2.45) is 0 Å². The number of hydrogen-bond donors (Lipinski definition) is 1. The molecule has 2 N–H and O–H groups in total. The van der Waals surface area contributed by atoms with Gasteiger partial charge in [-0.15, -0.1) is 0 Å². The Morgan fingerprint density at radius 2 is 1.90 bits per heavy atom. The van der Waals surface area contributed by atoms with Crippen LogP contribution < -0.4 is 10.6 Å². The fraction of sp³-hybridized carbons (Fsp3) is 0.188. The van der Waals surface area contributed by atoms with Crippen LogP contribution in [0.4, 0.5) is 21.5 Å². The van der Waals surface area contributed by atoms with Crippen LogP contribution in [0.25, 0.3) is 0 Å². The zero-order chi connectivity index (χ0) is 15.4. The molecule has 0 radical (unpaired) electrons. The standard InChI is InChI=1S/C16H17FN2O2/c1-3-19(13-7-5-12(17)6-8-13)15-9-4-11(10-14(15)18)16(20)21-2/h4-10H,3,18H2,1-2H3. The first-order valence-electron chi connectivity index (χ1n) is 6.57. The molecule has 0 unspecified atom stereocenters. The van der Waals surface area contributed by atoms with Gasteiger partial charge in [-0.25, -0.2) is 9.18 Å². The Kier molecular flexibility index (Phi) is 4.42. The normalized spacial score (nSPS) is 10.2. The molecule has 0 aliphatic carbocycles. The molecule has 0 bridgehead atoms. The summed E-state index contributed by atoms with van der Waals surface area (Å²) in [6, 6.07) is 11.2. The number of nitrogens with two attached hydrogens (primary N) is 1. The topological polar surface area (TPSA) is 55.6 Å². The molecule has 0 atom stereocenters. The van der Waals surface area contributed by atoms with E-state index in [4.69, 9.17) is 5.73 Å². The molecular weight excluding hydrogens is 271 g/mol. The second-order valence-corrected chi connectivity index (χ2v) is 4.49. The Morgan fingerprint density at radius 3 is 2.43 bits per heavy atom. The Bertz CT molecular complexity index is 641. The van der Waals surface area contributed by atoms with Crippen molar-refractivity contribution < 1.29 is 13.9 Å². The van der Waals surface area contributed by atoms with Crippen LogP contribution in [0.3, 0.4) is 0 Å². The lowest BCUT2D eigenvalue weighted by atomic mass is 10.1. The first-order chi connectivity index (χ1) is 10.1. The summed E-state index contributed by atoms with van der Waals surface area (Å²) in [5.41, 5.74) is 8.48. The van der Waals surface area contributed by atoms with Crippen LogP contribution in [0.1, 0.15) is 17.3 Å². The van der Waals surface area contributed by atoms with Crippen molar-refractivity contribution in [2.45, 2.75) is 6.92 Å². The molecule has 0 aliphatic rings. The van der Waals surface area contributed by atoms with Gasteiger partial charge in [0, 0.05) is 12.2 Å². The zero-order valence-electron chi connectivity index (χ0n) is 12.0. The SMILES string of the molecule is CCN(c1ccc(F)cc1)c1ccc(C(=O)OC)cc1N. The van der Waals surface area contributed by atoms with Gasteiger partial charge in [0.15, 0.2) is 0 Å². The van der Waals surface area contributed by atoms with Crippen molar-refractivity contribution in [1.82, 2.24) is 0 Å². The highest BCUT2D eigenvalue weighted by molar-refractivity contribution is 5.92. The van der Waals surface area contributed by atoms with Crippen LogP contribution in [0.15, 0.2) is 42.5 Å². The maximum atomic E-state index is 13.0. The summed E-state index contributed by atoms with van der Waals surface area (Å²) in [6.07, 6.45) is 0. The molecule has 0 aromatic heterocycles. The molecule has 110 valence electrons. The molecule has 0 amide bonds. The maximum absolute atomic E-state index is 13.0. The molecule has 5 heteroatoms. The number of esters is 1. The van der Waals surface area contributed by atoms with E-state index in [1.807, 2.05) is 11.8 Å². The third-order valence-electron chi connectivity index (χ3n) is 3.19. The highest BCUT2D eigenvalue weighted by atomic mass is 19.1.